The highest BCUT2D eigenvalue weighted by molar-refractivity contribution is 7.89. The summed E-state index contributed by atoms with van der Waals surface area (Å²) in [5.74, 6) is 0. The Morgan fingerprint density at radius 3 is 2.54 bits per heavy atom. The quantitative estimate of drug-likeness (QED) is 0.863. The maximum atomic E-state index is 12.6. The first-order chi connectivity index (χ1) is 11.5. The molecule has 0 spiro atoms. The predicted molar refractivity (Wildman–Crippen MR) is 94.8 cm³/mol. The number of rotatable bonds is 5. The predicted octanol–water partition coefficient (Wildman–Crippen LogP) is 2.65. The second-order valence-corrected chi connectivity index (χ2v) is 8.87. The molecule has 0 atom stereocenters. The summed E-state index contributed by atoms with van der Waals surface area (Å²) < 4.78 is 33.6. The van der Waals surface area contributed by atoms with E-state index in [1.807, 2.05) is 0 Å². The summed E-state index contributed by atoms with van der Waals surface area (Å²) in [5.41, 5.74) is -0.0896. The minimum absolute atomic E-state index is 0.0896. The fourth-order valence-electron chi connectivity index (χ4n) is 3.80. The number of morpholine rings is 1. The Labute approximate surface area is 149 Å². The van der Waals surface area contributed by atoms with E-state index in [4.69, 9.17) is 16.3 Å². The second-order valence-electron chi connectivity index (χ2n) is 6.67. The van der Waals surface area contributed by atoms with Crippen LogP contribution in [0.4, 0.5) is 0 Å². The van der Waals surface area contributed by atoms with E-state index in [0.717, 1.165) is 52.0 Å². The largest absolute Gasteiger partial charge is 0.379 e. The van der Waals surface area contributed by atoms with E-state index in [9.17, 15) is 8.42 Å². The Bertz CT molecular complexity index is 654. The molecule has 1 aromatic rings. The molecule has 5 nitrogen and oxygen atoms in total. The lowest BCUT2D eigenvalue weighted by Gasteiger charge is -2.48. The Morgan fingerprint density at radius 2 is 1.88 bits per heavy atom. The van der Waals surface area contributed by atoms with Crippen molar-refractivity contribution in [3.8, 4) is 0 Å². The first-order valence-electron chi connectivity index (χ1n) is 8.60. The van der Waals surface area contributed by atoms with Gasteiger partial charge >= 0.3 is 0 Å². The summed E-state index contributed by atoms with van der Waals surface area (Å²) in [6.45, 7) is 3.64. The van der Waals surface area contributed by atoms with Crippen molar-refractivity contribution in [1.82, 2.24) is 9.62 Å². The van der Waals surface area contributed by atoms with E-state index in [2.05, 4.69) is 9.62 Å². The third-order valence-corrected chi connectivity index (χ3v) is 6.80. The maximum absolute atomic E-state index is 12.6. The van der Waals surface area contributed by atoms with Gasteiger partial charge in [0, 0.05) is 30.2 Å². The maximum Gasteiger partial charge on any atom is 0.240 e. The zero-order valence-corrected chi connectivity index (χ0v) is 15.4. The molecule has 1 aliphatic heterocycles. The molecule has 0 radical (unpaired) electrons. The van der Waals surface area contributed by atoms with Gasteiger partial charge in [-0.2, -0.15) is 0 Å². The van der Waals surface area contributed by atoms with Crippen molar-refractivity contribution in [3.63, 3.8) is 0 Å². The van der Waals surface area contributed by atoms with E-state index >= 15 is 0 Å². The molecular weight excluding hydrogens is 348 g/mol. The van der Waals surface area contributed by atoms with Gasteiger partial charge in [0.05, 0.1) is 18.1 Å². The molecule has 24 heavy (non-hydrogen) atoms. The van der Waals surface area contributed by atoms with E-state index < -0.39 is 10.0 Å². The monoisotopic (exact) mass is 372 g/mol. The zero-order chi connectivity index (χ0) is 17.0. The topological polar surface area (TPSA) is 58.6 Å². The van der Waals surface area contributed by atoms with Gasteiger partial charge in [0.1, 0.15) is 0 Å². The van der Waals surface area contributed by atoms with Crippen LogP contribution in [0.2, 0.25) is 5.02 Å². The molecule has 3 rings (SSSR count). The number of halogens is 1. The van der Waals surface area contributed by atoms with Crippen LogP contribution in [-0.4, -0.2) is 51.7 Å². The lowest BCUT2D eigenvalue weighted by Crippen LogP contribution is -2.59. The van der Waals surface area contributed by atoms with E-state index in [1.165, 1.54) is 12.5 Å². The fraction of sp³-hybridized carbons (Fsp3) is 0.647. The Balaban J connectivity index is 1.75. The summed E-state index contributed by atoms with van der Waals surface area (Å²) in [5, 5.41) is 0.429. The molecule has 7 heteroatoms. The number of sulfonamides is 1. The van der Waals surface area contributed by atoms with Gasteiger partial charge in [-0.3, -0.25) is 4.90 Å². The van der Waals surface area contributed by atoms with Crippen LogP contribution >= 0.6 is 11.6 Å². The van der Waals surface area contributed by atoms with Crippen molar-refractivity contribution in [2.45, 2.75) is 42.5 Å². The number of hydrogen-bond donors (Lipinski definition) is 1. The lowest BCUT2D eigenvalue weighted by atomic mass is 9.80. The smallest absolute Gasteiger partial charge is 0.240 e. The van der Waals surface area contributed by atoms with Gasteiger partial charge in [-0.1, -0.05) is 36.9 Å². The van der Waals surface area contributed by atoms with Crippen LogP contribution in [0, 0.1) is 0 Å². The zero-order valence-electron chi connectivity index (χ0n) is 13.8. The van der Waals surface area contributed by atoms with Crippen LogP contribution in [0.25, 0.3) is 0 Å². The lowest BCUT2D eigenvalue weighted by molar-refractivity contribution is -0.0348. The molecular formula is C17H25ClN2O3S. The molecule has 134 valence electrons. The number of nitrogens with one attached hydrogen (secondary N) is 1. The second kappa shape index (κ2) is 7.70. The van der Waals surface area contributed by atoms with Crippen LogP contribution in [-0.2, 0) is 14.8 Å². The summed E-state index contributed by atoms with van der Waals surface area (Å²) in [6, 6.07) is 6.41. The molecule has 1 N–H and O–H groups in total. The highest BCUT2D eigenvalue weighted by Crippen LogP contribution is 2.34. The first-order valence-corrected chi connectivity index (χ1v) is 10.5. The van der Waals surface area contributed by atoms with Gasteiger partial charge in [-0.25, -0.2) is 13.1 Å². The first kappa shape index (κ1) is 18.1. The molecule has 1 heterocycles. The minimum atomic E-state index is -3.55. The van der Waals surface area contributed by atoms with Crippen LogP contribution in [0.5, 0.6) is 0 Å². The standard InChI is InChI=1S/C17H25ClN2O3S/c18-15-5-4-6-16(13-15)24(21,22)19-14-17(7-2-1-3-8-17)20-9-11-23-12-10-20/h4-6,13,19H,1-3,7-12,14H2. The van der Waals surface area contributed by atoms with Crippen molar-refractivity contribution < 1.29 is 13.2 Å². The van der Waals surface area contributed by atoms with Crippen molar-refractivity contribution in [3.05, 3.63) is 29.3 Å². The average molecular weight is 373 g/mol. The van der Waals surface area contributed by atoms with Gasteiger partial charge in [0.2, 0.25) is 10.0 Å². The Hall–Kier alpha value is -0.660. The van der Waals surface area contributed by atoms with Crippen molar-refractivity contribution in [2.24, 2.45) is 0 Å². The molecule has 1 saturated heterocycles. The highest BCUT2D eigenvalue weighted by Gasteiger charge is 2.39. The van der Waals surface area contributed by atoms with Crippen molar-refractivity contribution >= 4 is 21.6 Å². The minimum Gasteiger partial charge on any atom is -0.379 e. The van der Waals surface area contributed by atoms with Gasteiger partial charge in [-0.05, 0) is 31.0 Å². The summed E-state index contributed by atoms with van der Waals surface area (Å²) in [7, 11) is -3.55. The third kappa shape index (κ3) is 4.11. The normalized spacial score (nSPS) is 22.4. The fourth-order valence-corrected chi connectivity index (χ4v) is 5.22. The van der Waals surface area contributed by atoms with Gasteiger partial charge in [0.15, 0.2) is 0 Å². The molecule has 1 saturated carbocycles. The van der Waals surface area contributed by atoms with Crippen LogP contribution in [0.3, 0.4) is 0 Å². The number of hydrogen-bond acceptors (Lipinski definition) is 4. The van der Waals surface area contributed by atoms with Crippen LogP contribution in [0.1, 0.15) is 32.1 Å². The van der Waals surface area contributed by atoms with E-state index in [0.29, 0.717) is 11.6 Å². The van der Waals surface area contributed by atoms with Crippen LogP contribution < -0.4 is 4.72 Å². The Morgan fingerprint density at radius 1 is 1.17 bits per heavy atom. The molecule has 1 aliphatic carbocycles. The SMILES string of the molecule is O=S(=O)(NCC1(N2CCOCC2)CCCCC1)c1cccc(Cl)c1. The summed E-state index contributed by atoms with van der Waals surface area (Å²) in [4.78, 5) is 2.65. The molecule has 0 bridgehead atoms. The third-order valence-electron chi connectivity index (χ3n) is 5.16. The summed E-state index contributed by atoms with van der Waals surface area (Å²) >= 11 is 5.93. The molecule has 2 aliphatic rings. The summed E-state index contributed by atoms with van der Waals surface area (Å²) in [6.07, 6.45) is 5.59. The molecule has 1 aromatic carbocycles. The molecule has 2 fully saturated rings. The van der Waals surface area contributed by atoms with Gasteiger partial charge < -0.3 is 4.74 Å². The number of nitrogens with zero attached hydrogens (tertiary/aromatic N) is 1. The van der Waals surface area contributed by atoms with Gasteiger partial charge in [0.25, 0.3) is 0 Å². The van der Waals surface area contributed by atoms with E-state index in [1.54, 1.807) is 18.2 Å². The molecule has 0 aromatic heterocycles. The van der Waals surface area contributed by atoms with Crippen molar-refractivity contribution in [2.75, 3.05) is 32.8 Å². The van der Waals surface area contributed by atoms with E-state index in [-0.39, 0.29) is 10.4 Å². The number of benzene rings is 1. The van der Waals surface area contributed by atoms with Crippen molar-refractivity contribution in [1.29, 1.82) is 0 Å². The van der Waals surface area contributed by atoms with Gasteiger partial charge in [-0.15, -0.1) is 0 Å². The highest BCUT2D eigenvalue weighted by atomic mass is 35.5. The average Bonchev–Trinajstić information content (AvgIpc) is 2.62. The molecule has 0 amide bonds. The van der Waals surface area contributed by atoms with Crippen LogP contribution in [0.15, 0.2) is 29.2 Å². The number of ether oxygens (including phenoxy) is 1. The Kier molecular flexibility index (Phi) is 5.82. The molecule has 0 unspecified atom stereocenters.